The molecular formula is C28H36B2F2. The van der Waals surface area contributed by atoms with Gasteiger partial charge in [0.15, 0.2) is 0 Å². The second-order valence-corrected chi connectivity index (χ2v) is 7.57. The second-order valence-electron chi connectivity index (χ2n) is 7.57. The molecule has 3 aromatic carbocycles. The van der Waals surface area contributed by atoms with Crippen LogP contribution >= 0.6 is 0 Å². The Kier molecular flexibility index (Phi) is 17.9. The van der Waals surface area contributed by atoms with Gasteiger partial charge < -0.3 is 0 Å². The molecule has 0 heterocycles. The first-order valence-electron chi connectivity index (χ1n) is 11.2. The number of halogens is 2. The molecule has 0 bridgehead atoms. The van der Waals surface area contributed by atoms with Crippen LogP contribution in [0.2, 0.25) is 6.32 Å². The first kappa shape index (κ1) is 29.6. The lowest BCUT2D eigenvalue weighted by Crippen LogP contribution is -1.80. The van der Waals surface area contributed by atoms with Crippen LogP contribution in [0.5, 0.6) is 0 Å². The highest BCUT2D eigenvalue weighted by molar-refractivity contribution is 6.08. The molecule has 4 heteroatoms. The van der Waals surface area contributed by atoms with Crippen LogP contribution < -0.4 is 0 Å². The van der Waals surface area contributed by atoms with Gasteiger partial charge in [-0.05, 0) is 61.7 Å². The molecule has 0 atom stereocenters. The predicted octanol–water partition coefficient (Wildman–Crippen LogP) is 8.09. The summed E-state index contributed by atoms with van der Waals surface area (Å²) in [4.78, 5) is 0. The Morgan fingerprint density at radius 1 is 0.656 bits per heavy atom. The molecule has 32 heavy (non-hydrogen) atoms. The van der Waals surface area contributed by atoms with E-state index in [1.807, 2.05) is 57.2 Å². The average Bonchev–Trinajstić information content (AvgIpc) is 2.79. The number of rotatable bonds is 5. The molecule has 0 saturated carbocycles. The van der Waals surface area contributed by atoms with Gasteiger partial charge in [-0.25, -0.2) is 8.78 Å². The molecule has 168 valence electrons. The summed E-state index contributed by atoms with van der Waals surface area (Å²) in [6, 6.07) is 21.3. The van der Waals surface area contributed by atoms with Crippen LogP contribution in [0.1, 0.15) is 54.9 Å². The van der Waals surface area contributed by atoms with E-state index in [0.717, 1.165) is 23.0 Å². The third kappa shape index (κ3) is 16.4. The van der Waals surface area contributed by atoms with Crippen molar-refractivity contribution in [1.29, 1.82) is 0 Å². The smallest absolute Gasteiger partial charge is 0.123 e. The Labute approximate surface area is 197 Å². The third-order valence-corrected chi connectivity index (χ3v) is 4.59. The van der Waals surface area contributed by atoms with Crippen LogP contribution in [0.15, 0.2) is 72.8 Å². The van der Waals surface area contributed by atoms with Gasteiger partial charge in [-0.1, -0.05) is 99.3 Å². The van der Waals surface area contributed by atoms with Crippen LogP contribution in [0.25, 0.3) is 0 Å². The molecule has 0 N–H and O–H groups in total. The van der Waals surface area contributed by atoms with Crippen molar-refractivity contribution in [3.05, 3.63) is 107 Å². The van der Waals surface area contributed by atoms with Gasteiger partial charge >= 0.3 is 0 Å². The zero-order chi connectivity index (χ0) is 24.2. The highest BCUT2D eigenvalue weighted by atomic mass is 19.1. The molecule has 0 amide bonds. The molecule has 0 aliphatic carbocycles. The van der Waals surface area contributed by atoms with E-state index < -0.39 is 0 Å². The number of benzene rings is 3. The standard InChI is InChI=1S/C8H9F.C7H7B.C7H7F.C6H13B/c1-6-3-4-8(9)5-7(6)2;8-6-7-4-2-1-3-5-7;1-6-3-2-4-7(8)5-6;1-2-3-4-5-6-7/h3-5H,1-2H3;1-5H,6H2;2-5H,1H3;2-6H2,1H3. The summed E-state index contributed by atoms with van der Waals surface area (Å²) in [7, 11) is 10.6. The van der Waals surface area contributed by atoms with Gasteiger partial charge in [-0.2, -0.15) is 0 Å². The maximum absolute atomic E-state index is 12.3. The molecule has 0 aromatic heterocycles. The summed E-state index contributed by atoms with van der Waals surface area (Å²) < 4.78 is 24.5. The second kappa shape index (κ2) is 19.3. The molecule has 0 aliphatic heterocycles. The quantitative estimate of drug-likeness (QED) is 0.282. The summed E-state index contributed by atoms with van der Waals surface area (Å²) in [5.74, 6) is -0.317. The van der Waals surface area contributed by atoms with E-state index in [1.54, 1.807) is 12.1 Å². The lowest BCUT2D eigenvalue weighted by Gasteiger charge is -1.96. The lowest BCUT2D eigenvalue weighted by molar-refractivity contribution is 0.626. The van der Waals surface area contributed by atoms with E-state index in [-0.39, 0.29) is 11.6 Å². The first-order valence-corrected chi connectivity index (χ1v) is 11.2. The molecule has 0 spiro atoms. The summed E-state index contributed by atoms with van der Waals surface area (Å²) in [5, 5.41) is 0. The van der Waals surface area contributed by atoms with Gasteiger partial charge in [0.1, 0.15) is 11.6 Å². The minimum Gasteiger partial charge on any atom is -0.207 e. The summed E-state index contributed by atoms with van der Waals surface area (Å²) in [6.45, 7) is 7.94. The first-order chi connectivity index (χ1) is 15.3. The zero-order valence-corrected chi connectivity index (χ0v) is 20.1. The third-order valence-electron chi connectivity index (χ3n) is 4.59. The normalized spacial score (nSPS) is 9.31. The van der Waals surface area contributed by atoms with Crippen molar-refractivity contribution in [2.75, 3.05) is 0 Å². The van der Waals surface area contributed by atoms with Gasteiger partial charge in [-0.3, -0.25) is 0 Å². The monoisotopic (exact) mass is 432 g/mol. The lowest BCUT2D eigenvalue weighted by atomic mass is 9.97. The summed E-state index contributed by atoms with van der Waals surface area (Å²) in [5.41, 5.74) is 4.30. The van der Waals surface area contributed by atoms with Gasteiger partial charge in [0.25, 0.3) is 0 Å². The van der Waals surface area contributed by atoms with Crippen molar-refractivity contribution in [3.8, 4) is 0 Å². The molecule has 3 aromatic rings. The average molecular weight is 432 g/mol. The Morgan fingerprint density at radius 3 is 1.72 bits per heavy atom. The van der Waals surface area contributed by atoms with Crippen molar-refractivity contribution in [1.82, 2.24) is 0 Å². The summed E-state index contributed by atoms with van der Waals surface area (Å²) in [6.07, 6.45) is 6.67. The van der Waals surface area contributed by atoms with E-state index in [2.05, 4.69) is 6.92 Å². The highest BCUT2D eigenvalue weighted by Crippen LogP contribution is 2.07. The number of hydrogen-bond acceptors (Lipinski definition) is 0. The summed E-state index contributed by atoms with van der Waals surface area (Å²) >= 11 is 0. The minimum atomic E-state index is -0.162. The maximum atomic E-state index is 12.3. The molecule has 4 radical (unpaired) electrons. The Morgan fingerprint density at radius 2 is 1.31 bits per heavy atom. The van der Waals surface area contributed by atoms with Crippen LogP contribution in [0, 0.1) is 32.4 Å². The molecule has 0 aliphatic rings. The number of hydrogen-bond donors (Lipinski definition) is 0. The maximum Gasteiger partial charge on any atom is 0.123 e. The largest absolute Gasteiger partial charge is 0.207 e. The Hall–Kier alpha value is -2.35. The Bertz CT molecular complexity index is 815. The van der Waals surface area contributed by atoms with E-state index >= 15 is 0 Å². The number of unbranched alkanes of at least 4 members (excludes halogenated alkanes) is 3. The molecule has 0 fully saturated rings. The van der Waals surface area contributed by atoms with E-state index in [0.29, 0.717) is 6.32 Å². The fourth-order valence-corrected chi connectivity index (χ4v) is 2.50. The highest BCUT2D eigenvalue weighted by Gasteiger charge is 1.92. The van der Waals surface area contributed by atoms with Crippen molar-refractivity contribution < 1.29 is 8.78 Å². The number of aryl methyl sites for hydroxylation is 3. The van der Waals surface area contributed by atoms with Crippen LogP contribution in [0.3, 0.4) is 0 Å². The molecular weight excluding hydrogens is 396 g/mol. The van der Waals surface area contributed by atoms with Gasteiger partial charge in [0, 0.05) is 0 Å². The van der Waals surface area contributed by atoms with Gasteiger partial charge in [-0.15, -0.1) is 0 Å². The van der Waals surface area contributed by atoms with Crippen LogP contribution in [-0.2, 0) is 6.32 Å². The van der Waals surface area contributed by atoms with Crippen LogP contribution in [0.4, 0.5) is 8.78 Å². The van der Waals surface area contributed by atoms with E-state index in [9.17, 15) is 8.78 Å². The fourth-order valence-electron chi connectivity index (χ4n) is 2.50. The topological polar surface area (TPSA) is 0 Å². The molecule has 0 saturated heterocycles. The zero-order valence-electron chi connectivity index (χ0n) is 20.1. The van der Waals surface area contributed by atoms with E-state index in [1.165, 1.54) is 55.5 Å². The van der Waals surface area contributed by atoms with Crippen molar-refractivity contribution in [3.63, 3.8) is 0 Å². The molecule has 0 unspecified atom stereocenters. The van der Waals surface area contributed by atoms with Gasteiger partial charge in [0.05, 0.1) is 15.7 Å². The van der Waals surface area contributed by atoms with Crippen molar-refractivity contribution >= 4 is 15.7 Å². The minimum absolute atomic E-state index is 0.155. The van der Waals surface area contributed by atoms with Crippen molar-refractivity contribution in [2.24, 2.45) is 0 Å². The molecule has 3 rings (SSSR count). The van der Waals surface area contributed by atoms with Crippen molar-refractivity contribution in [2.45, 2.75) is 66.0 Å². The predicted molar refractivity (Wildman–Crippen MR) is 138 cm³/mol. The SMILES string of the molecule is Cc1ccc(F)cc1C.Cc1cccc(F)c1.[B]CCCCCC.[B]Cc1ccccc1. The Balaban J connectivity index is 0.000000402. The van der Waals surface area contributed by atoms with Crippen LogP contribution in [-0.4, -0.2) is 15.7 Å². The fraction of sp³-hybridized carbons (Fsp3) is 0.357. The van der Waals surface area contributed by atoms with Gasteiger partial charge in [0.2, 0.25) is 0 Å². The van der Waals surface area contributed by atoms with E-state index in [4.69, 9.17) is 15.7 Å². The molecule has 0 nitrogen and oxygen atoms in total.